The van der Waals surface area contributed by atoms with Gasteiger partial charge in [-0.1, -0.05) is 6.07 Å². The van der Waals surface area contributed by atoms with E-state index in [9.17, 15) is 9.59 Å². The van der Waals surface area contributed by atoms with Crippen molar-refractivity contribution in [2.24, 2.45) is 7.05 Å². The van der Waals surface area contributed by atoms with Gasteiger partial charge in [0.25, 0.3) is 5.56 Å². The van der Waals surface area contributed by atoms with Crippen molar-refractivity contribution in [2.45, 2.75) is 63.9 Å². The summed E-state index contributed by atoms with van der Waals surface area (Å²) in [5.41, 5.74) is 4.39. The lowest BCUT2D eigenvalue weighted by Gasteiger charge is -2.30. The van der Waals surface area contributed by atoms with Gasteiger partial charge in [0.1, 0.15) is 18.0 Å². The van der Waals surface area contributed by atoms with Gasteiger partial charge in [-0.3, -0.25) is 14.9 Å². The lowest BCUT2D eigenvalue weighted by Crippen LogP contribution is -2.42. The van der Waals surface area contributed by atoms with E-state index in [1.54, 1.807) is 18.7 Å². The number of morpholine rings is 1. The Morgan fingerprint density at radius 2 is 2.02 bits per heavy atom. The van der Waals surface area contributed by atoms with Crippen LogP contribution in [0, 0.1) is 6.92 Å². The topological polar surface area (TPSA) is 99.9 Å². The number of likely N-dealkylation sites (N-methyl/N-ethyl adjacent to an activating group) is 1. The summed E-state index contributed by atoms with van der Waals surface area (Å²) in [7, 11) is 5.47. The van der Waals surface area contributed by atoms with Gasteiger partial charge in [0.2, 0.25) is 0 Å². The molecule has 40 heavy (non-hydrogen) atoms. The fourth-order valence-corrected chi connectivity index (χ4v) is 5.74. The molecule has 3 aromatic rings. The van der Waals surface area contributed by atoms with Crippen LogP contribution in [-0.4, -0.2) is 83.7 Å². The lowest BCUT2D eigenvalue weighted by molar-refractivity contribution is -0.152. The van der Waals surface area contributed by atoms with Gasteiger partial charge in [-0.05, 0) is 63.4 Å². The number of methoxy groups -OCH3 is 1. The number of nitrogens with one attached hydrogen (secondary N) is 1. The highest BCUT2D eigenvalue weighted by molar-refractivity contribution is 5.81. The largest absolute Gasteiger partial charge is 0.461 e. The number of fused-ring (bicyclic) bond motifs is 1. The molecule has 1 saturated heterocycles. The van der Waals surface area contributed by atoms with Crippen LogP contribution in [0.5, 0.6) is 0 Å². The number of carbonyl (C=O) groups is 1. The first-order valence-corrected chi connectivity index (χ1v) is 14.2. The van der Waals surface area contributed by atoms with Gasteiger partial charge in [0.05, 0.1) is 36.9 Å². The van der Waals surface area contributed by atoms with E-state index in [2.05, 4.69) is 40.0 Å². The SMILES string of the molecule is COC[C@H](NCc1ccc2c(c1)nc(-c1cc(C)c(=O)n(C)c1)n2CC1CN(C)CCO1)C(=O)OC1CCCC1. The van der Waals surface area contributed by atoms with Crippen LogP contribution in [0.4, 0.5) is 0 Å². The highest BCUT2D eigenvalue weighted by Crippen LogP contribution is 2.27. The Kier molecular flexibility index (Phi) is 9.00. The minimum atomic E-state index is -0.538. The number of esters is 1. The summed E-state index contributed by atoms with van der Waals surface area (Å²) in [6.45, 7) is 5.65. The number of ether oxygens (including phenoxy) is 3. The molecule has 1 aliphatic heterocycles. The molecule has 2 atom stereocenters. The third-order valence-electron chi connectivity index (χ3n) is 7.92. The van der Waals surface area contributed by atoms with Crippen molar-refractivity contribution in [1.82, 2.24) is 24.3 Å². The summed E-state index contributed by atoms with van der Waals surface area (Å²) < 4.78 is 20.9. The molecule has 10 nitrogen and oxygen atoms in total. The maximum atomic E-state index is 12.8. The van der Waals surface area contributed by atoms with Gasteiger partial charge in [-0.2, -0.15) is 0 Å². The predicted molar refractivity (Wildman–Crippen MR) is 153 cm³/mol. The lowest BCUT2D eigenvalue weighted by atomic mass is 10.1. The summed E-state index contributed by atoms with van der Waals surface area (Å²) in [6, 6.07) is 7.55. The van der Waals surface area contributed by atoms with Crippen molar-refractivity contribution in [3.05, 3.63) is 51.9 Å². The van der Waals surface area contributed by atoms with Gasteiger partial charge < -0.3 is 28.2 Å². The molecular formula is C30H41N5O5. The molecule has 1 unspecified atom stereocenters. The number of carbonyl (C=O) groups excluding carboxylic acids is 1. The van der Waals surface area contributed by atoms with E-state index < -0.39 is 6.04 Å². The average molecular weight is 552 g/mol. The van der Waals surface area contributed by atoms with Crippen LogP contribution in [0.3, 0.4) is 0 Å². The van der Waals surface area contributed by atoms with E-state index in [0.29, 0.717) is 25.3 Å². The van der Waals surface area contributed by atoms with Gasteiger partial charge >= 0.3 is 5.97 Å². The first-order chi connectivity index (χ1) is 19.3. The summed E-state index contributed by atoms with van der Waals surface area (Å²) in [6.07, 6.45) is 5.98. The smallest absolute Gasteiger partial charge is 0.325 e. The van der Waals surface area contributed by atoms with E-state index in [0.717, 1.165) is 66.8 Å². The van der Waals surface area contributed by atoms with Crippen molar-refractivity contribution >= 4 is 17.0 Å². The van der Waals surface area contributed by atoms with E-state index in [4.69, 9.17) is 19.2 Å². The molecule has 216 valence electrons. The number of rotatable bonds is 10. The van der Waals surface area contributed by atoms with Crippen LogP contribution in [-0.2, 0) is 39.1 Å². The molecule has 0 amide bonds. The Labute approximate surface area is 235 Å². The molecular weight excluding hydrogens is 510 g/mol. The van der Waals surface area contributed by atoms with Crippen molar-refractivity contribution in [3.63, 3.8) is 0 Å². The summed E-state index contributed by atoms with van der Waals surface area (Å²) in [5.74, 6) is 0.539. The minimum Gasteiger partial charge on any atom is -0.461 e. The number of hydrogen-bond acceptors (Lipinski definition) is 8. The Morgan fingerprint density at radius 3 is 2.75 bits per heavy atom. The Balaban J connectivity index is 1.41. The highest BCUT2D eigenvalue weighted by atomic mass is 16.5. The Morgan fingerprint density at radius 1 is 1.23 bits per heavy atom. The normalized spacial score (nSPS) is 19.4. The highest BCUT2D eigenvalue weighted by Gasteiger charge is 2.26. The monoisotopic (exact) mass is 551 g/mol. The number of benzene rings is 1. The van der Waals surface area contributed by atoms with Crippen molar-refractivity contribution < 1.29 is 19.0 Å². The van der Waals surface area contributed by atoms with Gasteiger partial charge in [0.15, 0.2) is 0 Å². The molecule has 2 aromatic heterocycles. The number of aryl methyl sites for hydroxylation is 2. The second-order valence-electron chi connectivity index (χ2n) is 11.2. The van der Waals surface area contributed by atoms with Crippen LogP contribution in [0.1, 0.15) is 36.8 Å². The zero-order valence-electron chi connectivity index (χ0n) is 24.0. The first kappa shape index (κ1) is 28.5. The second-order valence-corrected chi connectivity index (χ2v) is 11.2. The number of hydrogen-bond donors (Lipinski definition) is 1. The standard InChI is InChI=1S/C30H41N5O5/c1-20-13-22(16-34(3)29(20)36)28-32-25-14-21(9-10-27(25)35(28)18-24-17-33(2)11-12-39-24)15-31-26(19-38-4)30(37)40-23-7-5-6-8-23/h9-10,13-14,16,23-24,26,31H,5-8,11-12,15,17-19H2,1-4H3/t24?,26-/m0/s1. The Bertz CT molecular complexity index is 1370. The van der Waals surface area contributed by atoms with Crippen molar-refractivity contribution in [1.29, 1.82) is 0 Å². The van der Waals surface area contributed by atoms with E-state index in [1.165, 1.54) is 0 Å². The van der Waals surface area contributed by atoms with Gasteiger partial charge in [-0.25, -0.2) is 4.98 Å². The molecule has 1 aromatic carbocycles. The number of aromatic nitrogens is 3. The molecule has 1 aliphatic carbocycles. The predicted octanol–water partition coefficient (Wildman–Crippen LogP) is 2.63. The average Bonchev–Trinajstić information content (AvgIpc) is 3.57. The number of imidazole rings is 1. The van der Waals surface area contributed by atoms with Crippen LogP contribution >= 0.6 is 0 Å². The zero-order valence-corrected chi connectivity index (χ0v) is 24.0. The van der Waals surface area contributed by atoms with Crippen LogP contribution in [0.2, 0.25) is 0 Å². The second kappa shape index (κ2) is 12.6. The fraction of sp³-hybridized carbons (Fsp3) is 0.567. The van der Waals surface area contributed by atoms with Gasteiger partial charge in [-0.15, -0.1) is 0 Å². The quantitative estimate of drug-likeness (QED) is 0.384. The molecule has 1 N–H and O–H groups in total. The molecule has 2 aliphatic rings. The van der Waals surface area contributed by atoms with Crippen molar-refractivity contribution in [3.8, 4) is 11.4 Å². The fourth-order valence-electron chi connectivity index (χ4n) is 5.74. The molecule has 10 heteroatoms. The minimum absolute atomic E-state index is 0.0152. The molecule has 0 bridgehead atoms. The summed E-state index contributed by atoms with van der Waals surface area (Å²) in [5, 5.41) is 3.32. The molecule has 2 fully saturated rings. The molecule has 0 spiro atoms. The Hall–Kier alpha value is -3.05. The summed E-state index contributed by atoms with van der Waals surface area (Å²) in [4.78, 5) is 32.5. The molecule has 1 saturated carbocycles. The van der Waals surface area contributed by atoms with Crippen LogP contribution in [0.25, 0.3) is 22.4 Å². The van der Waals surface area contributed by atoms with Crippen LogP contribution < -0.4 is 10.9 Å². The van der Waals surface area contributed by atoms with E-state index >= 15 is 0 Å². The summed E-state index contributed by atoms with van der Waals surface area (Å²) >= 11 is 0. The molecule has 0 radical (unpaired) electrons. The maximum Gasteiger partial charge on any atom is 0.325 e. The third kappa shape index (κ3) is 6.46. The van der Waals surface area contributed by atoms with E-state index in [1.807, 2.05) is 19.2 Å². The van der Waals surface area contributed by atoms with Crippen LogP contribution in [0.15, 0.2) is 35.3 Å². The first-order valence-electron chi connectivity index (χ1n) is 14.2. The third-order valence-corrected chi connectivity index (χ3v) is 7.92. The number of pyridine rings is 1. The molecule has 3 heterocycles. The van der Waals surface area contributed by atoms with Crippen molar-refractivity contribution in [2.75, 3.05) is 40.5 Å². The van der Waals surface area contributed by atoms with Gasteiger partial charge in [0, 0.05) is 51.1 Å². The maximum absolute atomic E-state index is 12.8. The number of nitrogens with zero attached hydrogens (tertiary/aromatic N) is 4. The van der Waals surface area contributed by atoms with E-state index in [-0.39, 0.29) is 30.3 Å². The molecule has 5 rings (SSSR count). The zero-order chi connectivity index (χ0) is 28.2.